The Morgan fingerprint density at radius 2 is 2.27 bits per heavy atom. The largest absolute Gasteiger partial charge is 0.391 e. The van der Waals surface area contributed by atoms with Gasteiger partial charge in [-0.3, -0.25) is 4.79 Å². The average molecular weight is 213 g/mol. The summed E-state index contributed by atoms with van der Waals surface area (Å²) in [5.74, 6) is 2.32. The van der Waals surface area contributed by atoms with Crippen LogP contribution in [0.5, 0.6) is 0 Å². The topological polar surface area (TPSA) is 58.6 Å². The molecule has 0 fully saturated rings. The third-order valence-electron chi connectivity index (χ3n) is 1.94. The second kappa shape index (κ2) is 8.27. The summed E-state index contributed by atoms with van der Waals surface area (Å²) < 4.78 is 4.95. The lowest BCUT2D eigenvalue weighted by Gasteiger charge is -2.14. The Morgan fingerprint density at radius 3 is 2.80 bits per heavy atom. The molecule has 0 aromatic carbocycles. The van der Waals surface area contributed by atoms with Crippen LogP contribution in [0.3, 0.4) is 0 Å². The van der Waals surface area contributed by atoms with Crippen LogP contribution in [0.4, 0.5) is 0 Å². The van der Waals surface area contributed by atoms with Crippen LogP contribution >= 0.6 is 0 Å². The molecule has 0 saturated carbocycles. The lowest BCUT2D eigenvalue weighted by atomic mass is 10.1. The standard InChI is InChI=1S/C11H19NO3/c1-4-6-15-7-5-11(14)12-8-10(13)9(2)3/h1,9-10,13H,5-8H2,2-3H3,(H,12,14). The highest BCUT2D eigenvalue weighted by atomic mass is 16.5. The van der Waals surface area contributed by atoms with Gasteiger partial charge in [-0.05, 0) is 5.92 Å². The fraction of sp³-hybridized carbons (Fsp3) is 0.727. The molecular formula is C11H19NO3. The third-order valence-corrected chi connectivity index (χ3v) is 1.94. The highest BCUT2D eigenvalue weighted by molar-refractivity contribution is 5.75. The second-order valence-corrected chi connectivity index (χ2v) is 3.62. The fourth-order valence-electron chi connectivity index (χ4n) is 0.838. The van der Waals surface area contributed by atoms with Crippen LogP contribution in [-0.2, 0) is 9.53 Å². The van der Waals surface area contributed by atoms with Crippen molar-refractivity contribution in [2.75, 3.05) is 19.8 Å². The van der Waals surface area contributed by atoms with E-state index in [0.717, 1.165) is 0 Å². The molecule has 1 atom stereocenters. The Bertz CT molecular complexity index is 220. The molecular weight excluding hydrogens is 194 g/mol. The first-order valence-corrected chi connectivity index (χ1v) is 5.04. The van der Waals surface area contributed by atoms with Crippen LogP contribution in [0.25, 0.3) is 0 Å². The predicted molar refractivity (Wildman–Crippen MR) is 58.1 cm³/mol. The maximum Gasteiger partial charge on any atom is 0.222 e. The maximum absolute atomic E-state index is 11.2. The Kier molecular flexibility index (Phi) is 7.69. The Labute approximate surface area is 91.0 Å². The SMILES string of the molecule is C#CCOCCC(=O)NCC(O)C(C)C. The van der Waals surface area contributed by atoms with Crippen molar-refractivity contribution in [3.8, 4) is 12.3 Å². The third kappa shape index (κ3) is 7.98. The van der Waals surface area contributed by atoms with E-state index in [4.69, 9.17) is 11.2 Å². The number of aliphatic hydroxyl groups is 1. The average Bonchev–Trinajstić information content (AvgIpc) is 2.20. The highest BCUT2D eigenvalue weighted by Gasteiger charge is 2.10. The number of carbonyl (C=O) groups excluding carboxylic acids is 1. The molecule has 0 aliphatic heterocycles. The monoisotopic (exact) mass is 213 g/mol. The molecule has 0 aromatic heterocycles. The zero-order valence-corrected chi connectivity index (χ0v) is 9.32. The molecule has 1 amide bonds. The summed E-state index contributed by atoms with van der Waals surface area (Å²) in [5.41, 5.74) is 0. The minimum atomic E-state index is -0.499. The first-order chi connectivity index (χ1) is 7.07. The van der Waals surface area contributed by atoms with Crippen molar-refractivity contribution in [1.82, 2.24) is 5.32 Å². The van der Waals surface area contributed by atoms with E-state index >= 15 is 0 Å². The number of amides is 1. The fourth-order valence-corrected chi connectivity index (χ4v) is 0.838. The number of carbonyl (C=O) groups is 1. The number of ether oxygens (including phenoxy) is 1. The quantitative estimate of drug-likeness (QED) is 0.468. The smallest absolute Gasteiger partial charge is 0.222 e. The summed E-state index contributed by atoms with van der Waals surface area (Å²) in [7, 11) is 0. The maximum atomic E-state index is 11.2. The van der Waals surface area contributed by atoms with Gasteiger partial charge in [0.15, 0.2) is 0 Å². The van der Waals surface area contributed by atoms with E-state index in [0.29, 0.717) is 6.61 Å². The number of aliphatic hydroxyl groups excluding tert-OH is 1. The van der Waals surface area contributed by atoms with E-state index in [2.05, 4.69) is 11.2 Å². The summed E-state index contributed by atoms with van der Waals surface area (Å²) in [4.78, 5) is 11.2. The van der Waals surface area contributed by atoms with E-state index in [9.17, 15) is 9.90 Å². The van der Waals surface area contributed by atoms with Gasteiger partial charge in [-0.25, -0.2) is 0 Å². The normalized spacial score (nSPS) is 12.2. The number of hydrogen-bond acceptors (Lipinski definition) is 3. The lowest BCUT2D eigenvalue weighted by molar-refractivity contribution is -0.122. The summed E-state index contributed by atoms with van der Waals surface area (Å²) in [5, 5.41) is 12.0. The summed E-state index contributed by atoms with van der Waals surface area (Å²) in [6.07, 6.45) is 4.74. The Hall–Kier alpha value is -1.05. The van der Waals surface area contributed by atoms with Crippen molar-refractivity contribution in [2.45, 2.75) is 26.4 Å². The molecule has 15 heavy (non-hydrogen) atoms. The summed E-state index contributed by atoms with van der Waals surface area (Å²) in [6.45, 7) is 4.61. The molecule has 0 bridgehead atoms. The number of hydrogen-bond donors (Lipinski definition) is 2. The van der Waals surface area contributed by atoms with Gasteiger partial charge in [0.1, 0.15) is 6.61 Å². The molecule has 4 nitrogen and oxygen atoms in total. The van der Waals surface area contributed by atoms with Crippen LogP contribution in [0.1, 0.15) is 20.3 Å². The minimum Gasteiger partial charge on any atom is -0.391 e. The van der Waals surface area contributed by atoms with Gasteiger partial charge in [0.25, 0.3) is 0 Å². The van der Waals surface area contributed by atoms with Crippen molar-refractivity contribution in [2.24, 2.45) is 5.92 Å². The molecule has 0 aliphatic carbocycles. The van der Waals surface area contributed by atoms with Crippen molar-refractivity contribution in [3.63, 3.8) is 0 Å². The van der Waals surface area contributed by atoms with Gasteiger partial charge in [-0.15, -0.1) is 6.42 Å². The van der Waals surface area contributed by atoms with Crippen molar-refractivity contribution < 1.29 is 14.6 Å². The van der Waals surface area contributed by atoms with E-state index in [1.165, 1.54) is 0 Å². The van der Waals surface area contributed by atoms with Crippen molar-refractivity contribution >= 4 is 5.91 Å². The highest BCUT2D eigenvalue weighted by Crippen LogP contribution is 1.98. The molecule has 0 saturated heterocycles. The van der Waals surface area contributed by atoms with Gasteiger partial charge >= 0.3 is 0 Å². The molecule has 2 N–H and O–H groups in total. The number of rotatable bonds is 7. The lowest BCUT2D eigenvalue weighted by Crippen LogP contribution is -2.35. The summed E-state index contributed by atoms with van der Waals surface area (Å²) >= 11 is 0. The first kappa shape index (κ1) is 13.9. The van der Waals surface area contributed by atoms with Gasteiger partial charge in [0.2, 0.25) is 5.91 Å². The van der Waals surface area contributed by atoms with Gasteiger partial charge in [-0.2, -0.15) is 0 Å². The van der Waals surface area contributed by atoms with E-state index in [-0.39, 0.29) is 31.4 Å². The van der Waals surface area contributed by atoms with Crippen LogP contribution in [-0.4, -0.2) is 36.9 Å². The van der Waals surface area contributed by atoms with Crippen molar-refractivity contribution in [1.29, 1.82) is 0 Å². The van der Waals surface area contributed by atoms with Gasteiger partial charge in [0.05, 0.1) is 19.1 Å². The Balaban J connectivity index is 3.46. The molecule has 0 aliphatic rings. The second-order valence-electron chi connectivity index (χ2n) is 3.62. The number of terminal acetylenes is 1. The molecule has 4 heteroatoms. The molecule has 0 aromatic rings. The zero-order valence-electron chi connectivity index (χ0n) is 9.32. The first-order valence-electron chi connectivity index (χ1n) is 5.04. The molecule has 1 unspecified atom stereocenters. The predicted octanol–water partition coefficient (Wildman–Crippen LogP) is 0.159. The molecule has 0 rings (SSSR count). The van der Waals surface area contributed by atoms with Crippen LogP contribution in [0.2, 0.25) is 0 Å². The van der Waals surface area contributed by atoms with Crippen LogP contribution in [0, 0.1) is 18.3 Å². The van der Waals surface area contributed by atoms with Crippen LogP contribution < -0.4 is 5.32 Å². The van der Waals surface area contributed by atoms with E-state index in [1.807, 2.05) is 13.8 Å². The molecule has 0 spiro atoms. The van der Waals surface area contributed by atoms with E-state index < -0.39 is 6.10 Å². The van der Waals surface area contributed by atoms with E-state index in [1.54, 1.807) is 0 Å². The van der Waals surface area contributed by atoms with Gasteiger partial charge in [0, 0.05) is 6.54 Å². The number of nitrogens with one attached hydrogen (secondary N) is 1. The van der Waals surface area contributed by atoms with Crippen molar-refractivity contribution in [3.05, 3.63) is 0 Å². The minimum absolute atomic E-state index is 0.133. The van der Waals surface area contributed by atoms with Gasteiger partial charge < -0.3 is 15.2 Å². The van der Waals surface area contributed by atoms with Crippen LogP contribution in [0.15, 0.2) is 0 Å². The molecule has 86 valence electrons. The molecule has 0 heterocycles. The summed E-state index contributed by atoms with van der Waals surface area (Å²) in [6, 6.07) is 0. The Morgan fingerprint density at radius 1 is 1.60 bits per heavy atom. The molecule has 0 radical (unpaired) electrons. The zero-order chi connectivity index (χ0) is 11.7. The van der Waals surface area contributed by atoms with Gasteiger partial charge in [-0.1, -0.05) is 19.8 Å².